The van der Waals surface area contributed by atoms with Gasteiger partial charge in [0.25, 0.3) is 0 Å². The van der Waals surface area contributed by atoms with E-state index in [-0.39, 0.29) is 5.91 Å². The number of carbonyl (C=O) groups is 1. The van der Waals surface area contributed by atoms with E-state index in [1.165, 1.54) is 6.92 Å². The van der Waals surface area contributed by atoms with Crippen molar-refractivity contribution in [2.45, 2.75) is 13.3 Å². The average molecular weight is 142 g/mol. The van der Waals surface area contributed by atoms with Crippen LogP contribution < -0.4 is 5.32 Å². The SMILES string of the molecule is CC(=O)NCCCN=[N+]=[N-]. The molecule has 5 heteroatoms. The predicted octanol–water partition coefficient (Wildman–Crippen LogP) is 0.823. The third-order valence-corrected chi connectivity index (χ3v) is 0.872. The van der Waals surface area contributed by atoms with Gasteiger partial charge in [-0.2, -0.15) is 0 Å². The number of nitrogens with one attached hydrogen (secondary N) is 1. The second-order valence-corrected chi connectivity index (χ2v) is 1.79. The lowest BCUT2D eigenvalue weighted by atomic mass is 10.4. The molecule has 0 heterocycles. The molecule has 0 aliphatic rings. The second kappa shape index (κ2) is 5.91. The number of hydrogen-bond acceptors (Lipinski definition) is 2. The van der Waals surface area contributed by atoms with Crippen molar-refractivity contribution in [2.75, 3.05) is 13.1 Å². The van der Waals surface area contributed by atoms with Crippen molar-refractivity contribution in [3.8, 4) is 0 Å². The molecule has 0 bridgehead atoms. The summed E-state index contributed by atoms with van der Waals surface area (Å²) in [4.78, 5) is 12.8. The fraction of sp³-hybridized carbons (Fsp3) is 0.800. The first-order valence-corrected chi connectivity index (χ1v) is 3.02. The van der Waals surface area contributed by atoms with E-state index in [1.54, 1.807) is 0 Å². The Labute approximate surface area is 59.0 Å². The molecule has 1 N–H and O–H groups in total. The Morgan fingerprint density at radius 3 is 3.00 bits per heavy atom. The van der Waals surface area contributed by atoms with Crippen LogP contribution in [0.15, 0.2) is 5.11 Å². The fourth-order valence-electron chi connectivity index (χ4n) is 0.459. The van der Waals surface area contributed by atoms with Crippen LogP contribution in [0, 0.1) is 0 Å². The summed E-state index contributed by atoms with van der Waals surface area (Å²) in [6.07, 6.45) is 0.698. The minimum atomic E-state index is -0.0547. The molecule has 0 rings (SSSR count). The van der Waals surface area contributed by atoms with Crippen molar-refractivity contribution in [3.05, 3.63) is 10.4 Å². The highest BCUT2D eigenvalue weighted by atomic mass is 16.1. The second-order valence-electron chi connectivity index (χ2n) is 1.79. The van der Waals surface area contributed by atoms with Crippen LogP contribution in [-0.4, -0.2) is 19.0 Å². The molecular weight excluding hydrogens is 132 g/mol. The summed E-state index contributed by atoms with van der Waals surface area (Å²) in [7, 11) is 0. The van der Waals surface area contributed by atoms with Gasteiger partial charge in [-0.05, 0) is 12.0 Å². The normalized spacial score (nSPS) is 8.10. The third-order valence-electron chi connectivity index (χ3n) is 0.872. The van der Waals surface area contributed by atoms with E-state index >= 15 is 0 Å². The van der Waals surface area contributed by atoms with Crippen LogP contribution in [-0.2, 0) is 4.79 Å². The molecule has 0 saturated heterocycles. The number of rotatable bonds is 4. The molecule has 0 aromatic carbocycles. The van der Waals surface area contributed by atoms with Crippen LogP contribution in [0.2, 0.25) is 0 Å². The zero-order chi connectivity index (χ0) is 7.82. The van der Waals surface area contributed by atoms with Gasteiger partial charge in [-0.1, -0.05) is 5.11 Å². The molecule has 0 aliphatic carbocycles. The largest absolute Gasteiger partial charge is 0.356 e. The first kappa shape index (κ1) is 8.78. The molecule has 0 fully saturated rings. The van der Waals surface area contributed by atoms with Gasteiger partial charge in [0.05, 0.1) is 0 Å². The number of amides is 1. The molecule has 0 aromatic heterocycles. The Kier molecular flexibility index (Phi) is 5.19. The van der Waals surface area contributed by atoms with E-state index in [2.05, 4.69) is 15.3 Å². The summed E-state index contributed by atoms with van der Waals surface area (Å²) >= 11 is 0. The van der Waals surface area contributed by atoms with Gasteiger partial charge in [0.2, 0.25) is 5.91 Å². The summed E-state index contributed by atoms with van der Waals surface area (Å²) in [5, 5.41) is 5.88. The highest BCUT2D eigenvalue weighted by Gasteiger charge is 1.87. The van der Waals surface area contributed by atoms with Crippen LogP contribution in [0.3, 0.4) is 0 Å². The third kappa shape index (κ3) is 6.78. The fourth-order valence-corrected chi connectivity index (χ4v) is 0.459. The van der Waals surface area contributed by atoms with Gasteiger partial charge in [0.1, 0.15) is 0 Å². The highest BCUT2D eigenvalue weighted by molar-refractivity contribution is 5.72. The van der Waals surface area contributed by atoms with Crippen molar-refractivity contribution in [1.29, 1.82) is 0 Å². The van der Waals surface area contributed by atoms with Gasteiger partial charge in [0.15, 0.2) is 0 Å². The van der Waals surface area contributed by atoms with Crippen LogP contribution in [0.25, 0.3) is 10.4 Å². The van der Waals surface area contributed by atoms with E-state index in [9.17, 15) is 4.79 Å². The molecule has 0 radical (unpaired) electrons. The topological polar surface area (TPSA) is 77.9 Å². The zero-order valence-corrected chi connectivity index (χ0v) is 5.87. The Balaban J connectivity index is 3.05. The van der Waals surface area contributed by atoms with Crippen molar-refractivity contribution >= 4 is 5.91 Å². The molecule has 0 aliphatic heterocycles. The summed E-state index contributed by atoms with van der Waals surface area (Å²) in [6.45, 7) is 2.47. The number of carbonyl (C=O) groups excluding carboxylic acids is 1. The number of azide groups is 1. The van der Waals surface area contributed by atoms with Gasteiger partial charge in [-0.25, -0.2) is 0 Å². The van der Waals surface area contributed by atoms with Gasteiger partial charge in [0, 0.05) is 24.9 Å². The Morgan fingerprint density at radius 1 is 1.80 bits per heavy atom. The van der Waals surface area contributed by atoms with E-state index in [0.29, 0.717) is 19.5 Å². The lowest BCUT2D eigenvalue weighted by molar-refractivity contribution is -0.118. The molecule has 0 unspecified atom stereocenters. The summed E-state index contributed by atoms with van der Waals surface area (Å²) in [6, 6.07) is 0. The van der Waals surface area contributed by atoms with Crippen LogP contribution in [0.4, 0.5) is 0 Å². The van der Waals surface area contributed by atoms with E-state index in [4.69, 9.17) is 5.53 Å². The van der Waals surface area contributed by atoms with Crippen LogP contribution in [0.5, 0.6) is 0 Å². The van der Waals surface area contributed by atoms with Crippen molar-refractivity contribution in [1.82, 2.24) is 5.32 Å². The Bertz CT molecular complexity index is 146. The standard InChI is InChI=1S/C5H10N4O/c1-5(10)7-3-2-4-8-9-6/h2-4H2,1H3,(H,7,10). The van der Waals surface area contributed by atoms with Gasteiger partial charge >= 0.3 is 0 Å². The van der Waals surface area contributed by atoms with Crippen molar-refractivity contribution in [2.24, 2.45) is 5.11 Å². The van der Waals surface area contributed by atoms with Crippen LogP contribution >= 0.6 is 0 Å². The maximum atomic E-state index is 10.3. The highest BCUT2D eigenvalue weighted by Crippen LogP contribution is 1.78. The quantitative estimate of drug-likeness (QED) is 0.268. The van der Waals surface area contributed by atoms with Gasteiger partial charge < -0.3 is 5.32 Å². The molecule has 56 valence electrons. The zero-order valence-electron chi connectivity index (χ0n) is 5.87. The van der Waals surface area contributed by atoms with Crippen LogP contribution in [0.1, 0.15) is 13.3 Å². The molecule has 0 saturated carbocycles. The Hall–Kier alpha value is -1.22. The lowest BCUT2D eigenvalue weighted by Gasteiger charge is -1.96. The van der Waals surface area contributed by atoms with E-state index in [1.807, 2.05) is 0 Å². The molecule has 10 heavy (non-hydrogen) atoms. The molecule has 0 spiro atoms. The summed E-state index contributed by atoms with van der Waals surface area (Å²) in [5.74, 6) is -0.0547. The Morgan fingerprint density at radius 2 is 2.50 bits per heavy atom. The van der Waals surface area contributed by atoms with E-state index < -0.39 is 0 Å². The molecule has 1 amide bonds. The number of nitrogens with zero attached hydrogens (tertiary/aromatic N) is 3. The predicted molar refractivity (Wildman–Crippen MR) is 37.3 cm³/mol. The van der Waals surface area contributed by atoms with E-state index in [0.717, 1.165) is 0 Å². The average Bonchev–Trinajstić information content (AvgIpc) is 1.87. The smallest absolute Gasteiger partial charge is 0.216 e. The van der Waals surface area contributed by atoms with Gasteiger partial charge in [-0.3, -0.25) is 4.79 Å². The molecule has 5 nitrogen and oxygen atoms in total. The molecule has 0 aromatic rings. The maximum Gasteiger partial charge on any atom is 0.216 e. The minimum Gasteiger partial charge on any atom is -0.356 e. The molecular formula is C5H10N4O. The summed E-state index contributed by atoms with van der Waals surface area (Å²) in [5.41, 5.74) is 7.85. The lowest BCUT2D eigenvalue weighted by Crippen LogP contribution is -2.21. The first-order chi connectivity index (χ1) is 4.77. The molecule has 0 atom stereocenters. The monoisotopic (exact) mass is 142 g/mol. The number of hydrogen-bond donors (Lipinski definition) is 1. The minimum absolute atomic E-state index is 0.0547. The van der Waals surface area contributed by atoms with Crippen molar-refractivity contribution < 1.29 is 4.79 Å². The first-order valence-electron chi connectivity index (χ1n) is 3.02. The summed E-state index contributed by atoms with van der Waals surface area (Å²) < 4.78 is 0. The van der Waals surface area contributed by atoms with Gasteiger partial charge in [-0.15, -0.1) is 0 Å². The van der Waals surface area contributed by atoms with Crippen molar-refractivity contribution in [3.63, 3.8) is 0 Å². The maximum absolute atomic E-state index is 10.3.